The molecule has 166 valence electrons. The lowest BCUT2D eigenvalue weighted by Gasteiger charge is -2.35. The number of rotatable bonds is 7. The van der Waals surface area contributed by atoms with E-state index in [9.17, 15) is 4.79 Å². The van der Waals surface area contributed by atoms with Crippen molar-refractivity contribution in [2.45, 2.75) is 31.7 Å². The van der Waals surface area contributed by atoms with E-state index in [0.29, 0.717) is 23.6 Å². The first-order valence-corrected chi connectivity index (χ1v) is 11.2. The van der Waals surface area contributed by atoms with Gasteiger partial charge in [0.1, 0.15) is 0 Å². The molecule has 1 saturated heterocycles. The molecule has 0 saturated carbocycles. The fourth-order valence-corrected chi connectivity index (χ4v) is 4.83. The minimum absolute atomic E-state index is 0.140. The van der Waals surface area contributed by atoms with Gasteiger partial charge in [0.05, 0.1) is 25.8 Å². The van der Waals surface area contributed by atoms with E-state index in [0.717, 1.165) is 26.1 Å². The van der Waals surface area contributed by atoms with Gasteiger partial charge in [-0.3, -0.25) is 9.69 Å². The van der Waals surface area contributed by atoms with Gasteiger partial charge in [-0.15, -0.1) is 0 Å². The Morgan fingerprint density at radius 2 is 1.87 bits per heavy atom. The summed E-state index contributed by atoms with van der Waals surface area (Å²) >= 11 is 0. The first kappa shape index (κ1) is 21.5. The number of amides is 1. The van der Waals surface area contributed by atoms with Gasteiger partial charge in [0.15, 0.2) is 11.5 Å². The first-order valence-electron chi connectivity index (χ1n) is 11.2. The summed E-state index contributed by atoms with van der Waals surface area (Å²) in [7, 11) is 5.29. The molecular formula is C25H33N3O3. The van der Waals surface area contributed by atoms with Gasteiger partial charge in [-0.05, 0) is 61.7 Å². The lowest BCUT2D eigenvalue weighted by molar-refractivity contribution is 0.0921. The summed E-state index contributed by atoms with van der Waals surface area (Å²) in [5, 5.41) is 3.17. The Labute approximate surface area is 185 Å². The summed E-state index contributed by atoms with van der Waals surface area (Å²) in [6.45, 7) is 3.77. The summed E-state index contributed by atoms with van der Waals surface area (Å²) in [4.78, 5) is 17.9. The summed E-state index contributed by atoms with van der Waals surface area (Å²) in [6.07, 6.45) is 4.79. The van der Waals surface area contributed by atoms with Crippen molar-refractivity contribution in [3.05, 3.63) is 53.1 Å². The van der Waals surface area contributed by atoms with Gasteiger partial charge in [-0.1, -0.05) is 24.6 Å². The van der Waals surface area contributed by atoms with Crippen molar-refractivity contribution in [1.82, 2.24) is 10.2 Å². The Bertz CT molecular complexity index is 924. The zero-order valence-electron chi connectivity index (χ0n) is 18.8. The molecule has 6 heteroatoms. The molecule has 0 radical (unpaired) electrons. The molecule has 0 aromatic heterocycles. The van der Waals surface area contributed by atoms with Crippen LogP contribution in [-0.2, 0) is 6.42 Å². The molecule has 1 atom stereocenters. The van der Waals surface area contributed by atoms with Crippen LogP contribution >= 0.6 is 0 Å². The standard InChI is InChI=1S/C25H33N3O3/c1-27-15-12-19-16-18(10-11-21(19)27)22(28-13-5-4-6-14-28)17-26-25(29)20-8-7-9-23(30-2)24(20)31-3/h7-11,16,22H,4-6,12-15,17H2,1-3H3,(H,26,29)/t22-/m0/s1. The van der Waals surface area contributed by atoms with E-state index in [4.69, 9.17) is 9.47 Å². The second-order valence-corrected chi connectivity index (χ2v) is 8.42. The van der Waals surface area contributed by atoms with Crippen LogP contribution in [0.5, 0.6) is 11.5 Å². The topological polar surface area (TPSA) is 54.0 Å². The van der Waals surface area contributed by atoms with Crippen molar-refractivity contribution in [2.24, 2.45) is 0 Å². The quantitative estimate of drug-likeness (QED) is 0.737. The summed E-state index contributed by atoms with van der Waals surface area (Å²) < 4.78 is 10.8. The molecule has 2 aliphatic rings. The van der Waals surface area contributed by atoms with Crippen molar-refractivity contribution in [3.8, 4) is 11.5 Å². The van der Waals surface area contributed by atoms with Gasteiger partial charge in [-0.2, -0.15) is 0 Å². The highest BCUT2D eigenvalue weighted by molar-refractivity contribution is 5.97. The van der Waals surface area contributed by atoms with Gasteiger partial charge < -0.3 is 19.7 Å². The van der Waals surface area contributed by atoms with Gasteiger partial charge in [0, 0.05) is 25.8 Å². The minimum atomic E-state index is -0.140. The van der Waals surface area contributed by atoms with Crippen LogP contribution in [0.4, 0.5) is 5.69 Å². The Morgan fingerprint density at radius 1 is 1.06 bits per heavy atom. The van der Waals surface area contributed by atoms with Crippen LogP contribution in [0, 0.1) is 0 Å². The average Bonchev–Trinajstić information content (AvgIpc) is 3.19. The molecule has 6 nitrogen and oxygen atoms in total. The number of hydrogen-bond acceptors (Lipinski definition) is 5. The van der Waals surface area contributed by atoms with E-state index in [-0.39, 0.29) is 11.9 Å². The number of likely N-dealkylation sites (tertiary alicyclic amines) is 1. The van der Waals surface area contributed by atoms with Gasteiger partial charge in [-0.25, -0.2) is 0 Å². The number of methoxy groups -OCH3 is 2. The number of nitrogens with zero attached hydrogens (tertiary/aromatic N) is 2. The van der Waals surface area contributed by atoms with E-state index >= 15 is 0 Å². The van der Waals surface area contributed by atoms with E-state index in [1.807, 2.05) is 6.07 Å². The van der Waals surface area contributed by atoms with Crippen molar-refractivity contribution < 1.29 is 14.3 Å². The van der Waals surface area contributed by atoms with Crippen molar-refractivity contribution in [2.75, 3.05) is 52.3 Å². The molecule has 1 fully saturated rings. The summed E-state index contributed by atoms with van der Waals surface area (Å²) in [5.74, 6) is 0.890. The Morgan fingerprint density at radius 3 is 2.61 bits per heavy atom. The molecule has 1 N–H and O–H groups in total. The highest BCUT2D eigenvalue weighted by Gasteiger charge is 2.26. The number of benzene rings is 2. The zero-order valence-corrected chi connectivity index (χ0v) is 18.8. The number of fused-ring (bicyclic) bond motifs is 1. The summed E-state index contributed by atoms with van der Waals surface area (Å²) in [6, 6.07) is 12.4. The van der Waals surface area contributed by atoms with Crippen LogP contribution in [0.25, 0.3) is 0 Å². The molecule has 4 rings (SSSR count). The van der Waals surface area contributed by atoms with Crippen LogP contribution in [0.2, 0.25) is 0 Å². The number of hydrogen-bond donors (Lipinski definition) is 1. The van der Waals surface area contributed by atoms with Crippen molar-refractivity contribution in [3.63, 3.8) is 0 Å². The lowest BCUT2D eigenvalue weighted by Crippen LogP contribution is -2.40. The molecule has 0 spiro atoms. The number of para-hydroxylation sites is 1. The number of ether oxygens (including phenoxy) is 2. The molecule has 2 aromatic carbocycles. The van der Waals surface area contributed by atoms with Gasteiger partial charge in [0.25, 0.3) is 5.91 Å². The normalized spacial score (nSPS) is 17.2. The third-order valence-corrected chi connectivity index (χ3v) is 6.55. The van der Waals surface area contributed by atoms with Gasteiger partial charge >= 0.3 is 0 Å². The van der Waals surface area contributed by atoms with Crippen LogP contribution < -0.4 is 19.7 Å². The van der Waals surface area contributed by atoms with E-state index in [1.165, 1.54) is 36.1 Å². The van der Waals surface area contributed by atoms with Gasteiger partial charge in [0.2, 0.25) is 0 Å². The first-order chi connectivity index (χ1) is 15.1. The molecular weight excluding hydrogens is 390 g/mol. The largest absolute Gasteiger partial charge is 0.493 e. The SMILES string of the molecule is COc1cccc(C(=O)NC[C@@H](c2ccc3c(c2)CCN3C)N2CCCCC2)c1OC. The van der Waals surface area contributed by atoms with Crippen molar-refractivity contribution in [1.29, 1.82) is 0 Å². The van der Waals surface area contributed by atoms with Crippen LogP contribution in [0.15, 0.2) is 36.4 Å². The second kappa shape index (κ2) is 9.60. The maximum Gasteiger partial charge on any atom is 0.255 e. The van der Waals surface area contributed by atoms with Crippen molar-refractivity contribution >= 4 is 11.6 Å². The predicted octanol–water partition coefficient (Wildman–Crippen LogP) is 3.65. The fraction of sp³-hybridized carbons (Fsp3) is 0.480. The number of anilines is 1. The molecule has 0 bridgehead atoms. The average molecular weight is 424 g/mol. The number of carbonyl (C=O) groups is 1. The number of nitrogens with one attached hydrogen (secondary N) is 1. The Kier molecular flexibility index (Phi) is 6.66. The Hall–Kier alpha value is -2.73. The smallest absolute Gasteiger partial charge is 0.255 e. The Balaban J connectivity index is 1.55. The fourth-order valence-electron chi connectivity index (χ4n) is 4.83. The number of carbonyl (C=O) groups excluding carboxylic acids is 1. The highest BCUT2D eigenvalue weighted by atomic mass is 16.5. The van der Waals surface area contributed by atoms with Crippen LogP contribution in [0.1, 0.15) is 46.8 Å². The van der Waals surface area contributed by atoms with E-state index in [2.05, 4.69) is 40.4 Å². The number of piperidine rings is 1. The third kappa shape index (κ3) is 4.49. The maximum atomic E-state index is 13.1. The summed E-state index contributed by atoms with van der Waals surface area (Å²) in [5.41, 5.74) is 4.51. The zero-order chi connectivity index (χ0) is 21.8. The lowest BCUT2D eigenvalue weighted by atomic mass is 9.98. The molecule has 2 heterocycles. The maximum absolute atomic E-state index is 13.1. The van der Waals surface area contributed by atoms with Crippen LogP contribution in [0.3, 0.4) is 0 Å². The third-order valence-electron chi connectivity index (χ3n) is 6.55. The highest BCUT2D eigenvalue weighted by Crippen LogP contribution is 2.33. The monoisotopic (exact) mass is 423 g/mol. The predicted molar refractivity (Wildman–Crippen MR) is 123 cm³/mol. The van der Waals surface area contributed by atoms with Crippen LogP contribution in [-0.4, -0.2) is 58.3 Å². The molecule has 31 heavy (non-hydrogen) atoms. The van der Waals surface area contributed by atoms with E-state index in [1.54, 1.807) is 26.4 Å². The second-order valence-electron chi connectivity index (χ2n) is 8.42. The molecule has 1 amide bonds. The minimum Gasteiger partial charge on any atom is -0.493 e. The molecule has 0 unspecified atom stereocenters. The molecule has 2 aromatic rings. The molecule has 2 aliphatic heterocycles. The number of likely N-dealkylation sites (N-methyl/N-ethyl adjacent to an activating group) is 1. The molecule has 0 aliphatic carbocycles. The van der Waals surface area contributed by atoms with E-state index < -0.39 is 0 Å².